The number of aromatic nitrogens is 2. The van der Waals surface area contributed by atoms with Gasteiger partial charge in [0.25, 0.3) is 0 Å². The first-order valence-corrected chi connectivity index (χ1v) is 8.26. The fourth-order valence-corrected chi connectivity index (χ4v) is 3.42. The van der Waals surface area contributed by atoms with Crippen LogP contribution >= 0.6 is 15.9 Å². The highest BCUT2D eigenvalue weighted by Gasteiger charge is 2.33. The Balaban J connectivity index is 2.30. The summed E-state index contributed by atoms with van der Waals surface area (Å²) in [6.45, 7) is 5.84. The second-order valence-electron chi connectivity index (χ2n) is 6.76. The Kier molecular flexibility index (Phi) is 3.71. The van der Waals surface area contributed by atoms with Crippen LogP contribution in [0, 0.1) is 0 Å². The number of fused-ring (bicyclic) bond motifs is 1. The second kappa shape index (κ2) is 5.33. The van der Waals surface area contributed by atoms with Crippen LogP contribution in [-0.2, 0) is 15.1 Å². The molecule has 0 radical (unpaired) electrons. The van der Waals surface area contributed by atoms with Crippen molar-refractivity contribution in [2.24, 2.45) is 0 Å². The molecule has 2 aromatic rings. The molecular weight excluding hydrogens is 362 g/mol. The average molecular weight is 380 g/mol. The van der Waals surface area contributed by atoms with Gasteiger partial charge < -0.3 is 0 Å². The van der Waals surface area contributed by atoms with Crippen molar-refractivity contribution in [2.45, 2.75) is 45.2 Å². The van der Waals surface area contributed by atoms with Crippen LogP contribution in [0.4, 0.5) is 0 Å². The summed E-state index contributed by atoms with van der Waals surface area (Å²) in [5.74, 6) is -0.708. The molecule has 122 valence electrons. The lowest BCUT2D eigenvalue weighted by molar-refractivity contribution is -0.135. The number of amides is 2. The molecule has 1 aromatic carbocycles. The number of nitrogens with zero attached hydrogens (tertiary/aromatic N) is 2. The molecule has 1 aliphatic heterocycles. The molecular formula is C16H18BrN3O3. The summed E-state index contributed by atoms with van der Waals surface area (Å²) in [6.07, 6.45) is 0.575. The molecule has 1 atom stereocenters. The maximum Gasteiger partial charge on any atom is 0.330 e. The minimum absolute atomic E-state index is 0.236. The minimum atomic E-state index is -0.660. The molecule has 6 nitrogen and oxygen atoms in total. The monoisotopic (exact) mass is 379 g/mol. The van der Waals surface area contributed by atoms with Crippen LogP contribution in [-0.4, -0.2) is 20.9 Å². The summed E-state index contributed by atoms with van der Waals surface area (Å²) >= 11 is 3.43. The van der Waals surface area contributed by atoms with Crippen molar-refractivity contribution in [1.82, 2.24) is 14.5 Å². The van der Waals surface area contributed by atoms with E-state index in [1.54, 1.807) is 4.57 Å². The molecule has 2 heterocycles. The van der Waals surface area contributed by atoms with Gasteiger partial charge in [0.15, 0.2) is 0 Å². The smallest absolute Gasteiger partial charge is 0.295 e. The van der Waals surface area contributed by atoms with Crippen LogP contribution < -0.4 is 11.0 Å². The van der Waals surface area contributed by atoms with Gasteiger partial charge in [0.2, 0.25) is 11.8 Å². The molecule has 2 amide bonds. The summed E-state index contributed by atoms with van der Waals surface area (Å²) in [7, 11) is 0. The lowest BCUT2D eigenvalue weighted by atomic mass is 10.1. The molecule has 1 N–H and O–H groups in total. The van der Waals surface area contributed by atoms with E-state index < -0.39 is 17.5 Å². The van der Waals surface area contributed by atoms with Gasteiger partial charge in [0, 0.05) is 16.4 Å². The molecule has 1 fully saturated rings. The van der Waals surface area contributed by atoms with E-state index in [0.717, 1.165) is 9.99 Å². The van der Waals surface area contributed by atoms with Crippen molar-refractivity contribution in [2.75, 3.05) is 0 Å². The highest BCUT2D eigenvalue weighted by Crippen LogP contribution is 2.28. The molecule has 0 spiro atoms. The lowest BCUT2D eigenvalue weighted by Gasteiger charge is -2.23. The molecule has 7 heteroatoms. The third-order valence-corrected chi connectivity index (χ3v) is 4.52. The zero-order valence-corrected chi connectivity index (χ0v) is 14.8. The normalized spacial score (nSPS) is 19.2. The number of hydrogen-bond donors (Lipinski definition) is 1. The van der Waals surface area contributed by atoms with E-state index >= 15 is 0 Å². The Morgan fingerprint density at radius 1 is 1.17 bits per heavy atom. The fourth-order valence-electron chi connectivity index (χ4n) is 3.07. The predicted molar refractivity (Wildman–Crippen MR) is 90.3 cm³/mol. The van der Waals surface area contributed by atoms with Gasteiger partial charge in [-0.15, -0.1) is 0 Å². The quantitative estimate of drug-likeness (QED) is 0.772. The van der Waals surface area contributed by atoms with Crippen LogP contribution in [0.3, 0.4) is 0 Å². The largest absolute Gasteiger partial charge is 0.330 e. The summed E-state index contributed by atoms with van der Waals surface area (Å²) in [4.78, 5) is 36.6. The van der Waals surface area contributed by atoms with Crippen LogP contribution in [0.5, 0.6) is 0 Å². The van der Waals surface area contributed by atoms with Gasteiger partial charge in [-0.05, 0) is 45.4 Å². The minimum Gasteiger partial charge on any atom is -0.295 e. The first kappa shape index (κ1) is 16.0. The molecule has 0 aliphatic carbocycles. The number of hydrogen-bond acceptors (Lipinski definition) is 3. The van der Waals surface area contributed by atoms with Crippen molar-refractivity contribution >= 4 is 38.8 Å². The van der Waals surface area contributed by atoms with Crippen molar-refractivity contribution in [1.29, 1.82) is 0 Å². The van der Waals surface area contributed by atoms with E-state index in [4.69, 9.17) is 0 Å². The molecule has 1 aromatic heterocycles. The zero-order chi connectivity index (χ0) is 16.9. The summed E-state index contributed by atoms with van der Waals surface area (Å²) in [5, 5.41) is 2.32. The summed E-state index contributed by atoms with van der Waals surface area (Å²) < 4.78 is 4.06. The number of carbonyl (C=O) groups is 2. The van der Waals surface area contributed by atoms with Crippen molar-refractivity contribution in [3.8, 4) is 0 Å². The van der Waals surface area contributed by atoms with Gasteiger partial charge in [-0.3, -0.25) is 24.0 Å². The van der Waals surface area contributed by atoms with Gasteiger partial charge >= 0.3 is 5.69 Å². The topological polar surface area (TPSA) is 73.1 Å². The standard InChI is InChI=1S/C16H18BrN3O3/c1-16(2,3)20-12-8-9(17)4-5-10(12)19(15(20)23)11-6-7-13(21)18-14(11)22/h4-5,8,11H,6-7H2,1-3H3,(H,18,21,22). The number of carbonyl (C=O) groups excluding carboxylic acids is 2. The molecule has 23 heavy (non-hydrogen) atoms. The Morgan fingerprint density at radius 3 is 2.48 bits per heavy atom. The SMILES string of the molecule is CC(C)(C)n1c(=O)n(C2CCC(=O)NC2=O)c2ccc(Br)cc21. The highest BCUT2D eigenvalue weighted by atomic mass is 79.9. The third-order valence-electron chi connectivity index (χ3n) is 4.03. The van der Waals surface area contributed by atoms with Crippen LogP contribution in [0.25, 0.3) is 11.0 Å². The van der Waals surface area contributed by atoms with Gasteiger partial charge in [-0.25, -0.2) is 4.79 Å². The fraction of sp³-hybridized carbons (Fsp3) is 0.438. The lowest BCUT2D eigenvalue weighted by Crippen LogP contribution is -2.45. The average Bonchev–Trinajstić information content (AvgIpc) is 2.70. The summed E-state index contributed by atoms with van der Waals surface area (Å²) in [6, 6.07) is 4.89. The van der Waals surface area contributed by atoms with Gasteiger partial charge in [0.1, 0.15) is 6.04 Å². The van der Waals surface area contributed by atoms with Crippen molar-refractivity contribution in [3.05, 3.63) is 33.2 Å². The van der Waals surface area contributed by atoms with E-state index in [2.05, 4.69) is 21.2 Å². The number of benzene rings is 1. The van der Waals surface area contributed by atoms with Crippen molar-refractivity contribution in [3.63, 3.8) is 0 Å². The van der Waals surface area contributed by atoms with Crippen LogP contribution in [0.2, 0.25) is 0 Å². The van der Waals surface area contributed by atoms with Gasteiger partial charge in [0.05, 0.1) is 11.0 Å². The number of halogens is 1. The Hall–Kier alpha value is -1.89. The molecule has 0 bridgehead atoms. The van der Waals surface area contributed by atoms with E-state index in [1.807, 2.05) is 39.0 Å². The number of rotatable bonds is 1. The zero-order valence-electron chi connectivity index (χ0n) is 13.2. The van der Waals surface area contributed by atoms with Crippen LogP contribution in [0.15, 0.2) is 27.5 Å². The molecule has 3 rings (SSSR count). The maximum absolute atomic E-state index is 13.0. The number of imidazole rings is 1. The predicted octanol–water partition coefficient (Wildman–Crippen LogP) is 2.30. The van der Waals surface area contributed by atoms with Crippen LogP contribution in [0.1, 0.15) is 39.7 Å². The second-order valence-corrected chi connectivity index (χ2v) is 7.67. The summed E-state index contributed by atoms with van der Waals surface area (Å²) in [5.41, 5.74) is 0.798. The van der Waals surface area contributed by atoms with Gasteiger partial charge in [-0.2, -0.15) is 0 Å². The molecule has 1 saturated heterocycles. The Morgan fingerprint density at radius 2 is 1.87 bits per heavy atom. The third kappa shape index (κ3) is 2.63. The molecule has 1 unspecified atom stereocenters. The first-order chi connectivity index (χ1) is 10.7. The van der Waals surface area contributed by atoms with Crippen molar-refractivity contribution < 1.29 is 9.59 Å². The Labute approximate surface area is 141 Å². The van der Waals surface area contributed by atoms with E-state index in [1.165, 1.54) is 4.57 Å². The number of imide groups is 1. The molecule has 0 saturated carbocycles. The van der Waals surface area contributed by atoms with E-state index in [9.17, 15) is 14.4 Å². The van der Waals surface area contributed by atoms with E-state index in [0.29, 0.717) is 11.9 Å². The number of piperidine rings is 1. The highest BCUT2D eigenvalue weighted by molar-refractivity contribution is 9.10. The Bertz CT molecular complexity index is 873. The maximum atomic E-state index is 13.0. The van der Waals surface area contributed by atoms with Gasteiger partial charge in [-0.1, -0.05) is 15.9 Å². The number of nitrogens with one attached hydrogen (secondary N) is 1. The first-order valence-electron chi connectivity index (χ1n) is 7.47. The molecule has 1 aliphatic rings. The van der Waals surface area contributed by atoms with E-state index in [-0.39, 0.29) is 18.0 Å².